The van der Waals surface area contributed by atoms with Gasteiger partial charge in [-0.15, -0.1) is 0 Å². The van der Waals surface area contributed by atoms with E-state index in [1.165, 1.54) is 19.1 Å². The van der Waals surface area contributed by atoms with E-state index < -0.39 is 0 Å². The summed E-state index contributed by atoms with van der Waals surface area (Å²) in [5.74, 6) is -0.0273. The van der Waals surface area contributed by atoms with Crippen LogP contribution in [0, 0.1) is 20.2 Å². The van der Waals surface area contributed by atoms with Crippen molar-refractivity contribution in [3.05, 3.63) is 104 Å². The lowest BCUT2D eigenvalue weighted by Gasteiger charge is -2.08. The number of fused-ring (bicyclic) bond motifs is 6. The summed E-state index contributed by atoms with van der Waals surface area (Å²) in [6, 6.07) is 22.0. The van der Waals surface area contributed by atoms with Crippen molar-refractivity contribution in [3.8, 4) is 0 Å². The van der Waals surface area contributed by atoms with Gasteiger partial charge in [0.05, 0.1) is 26.9 Å². The van der Waals surface area contributed by atoms with E-state index in [9.17, 15) is 25.0 Å². The van der Waals surface area contributed by atoms with Gasteiger partial charge in [-0.2, -0.15) is 0 Å². The van der Waals surface area contributed by atoms with Crippen LogP contribution in [0.25, 0.3) is 43.7 Å². The number of furan rings is 1. The molecule has 0 saturated heterocycles. The largest absolute Gasteiger partial charge is 0.456 e. The Morgan fingerprint density at radius 2 is 1.22 bits per heavy atom. The van der Waals surface area contributed by atoms with E-state index in [1.54, 1.807) is 4.57 Å². The summed E-state index contributed by atoms with van der Waals surface area (Å²) in [5.41, 5.74) is 4.30. The van der Waals surface area contributed by atoms with E-state index in [2.05, 4.69) is 0 Å². The van der Waals surface area contributed by atoms with Crippen LogP contribution in [-0.4, -0.2) is 20.3 Å². The monoisotopic (exact) mass is 551 g/mol. The molecule has 0 saturated carbocycles. The van der Waals surface area contributed by atoms with Crippen molar-refractivity contribution in [2.45, 2.75) is 46.5 Å². The fraction of sp³-hybridized carbons (Fsp3) is 0.219. The molecule has 0 N–H and O–H groups in total. The highest BCUT2D eigenvalue weighted by Crippen LogP contribution is 2.37. The summed E-state index contributed by atoms with van der Waals surface area (Å²) in [5, 5.41) is 26.3. The zero-order valence-corrected chi connectivity index (χ0v) is 23.4. The number of aromatic nitrogens is 1. The molecule has 208 valence electrons. The molecule has 0 fully saturated rings. The Balaban J connectivity index is 0.000000166. The number of carbonyl (C=O) groups excluding carboxylic acids is 1. The van der Waals surface area contributed by atoms with E-state index in [1.807, 2.05) is 88.4 Å². The fourth-order valence-corrected chi connectivity index (χ4v) is 5.38. The number of nitrogens with zero attached hydrogens (tertiary/aromatic N) is 3. The lowest BCUT2D eigenvalue weighted by Crippen LogP contribution is -2.05. The van der Waals surface area contributed by atoms with Gasteiger partial charge in [0.2, 0.25) is 5.91 Å². The molecule has 9 nitrogen and oxygen atoms in total. The number of nitro benzene ring substituents is 2. The molecule has 0 aliphatic rings. The molecular formula is C32H29N3O6. The highest BCUT2D eigenvalue weighted by atomic mass is 16.6. The molecule has 0 radical (unpaired) electrons. The Labute approximate surface area is 235 Å². The second kappa shape index (κ2) is 10.5. The molecule has 0 amide bonds. The minimum absolute atomic E-state index is 0.0317. The zero-order valence-electron chi connectivity index (χ0n) is 23.4. The normalized spacial score (nSPS) is 11.5. The highest BCUT2D eigenvalue weighted by Gasteiger charge is 2.23. The first-order valence-corrected chi connectivity index (χ1v) is 13.3. The topological polar surface area (TPSA) is 121 Å². The van der Waals surface area contributed by atoms with Gasteiger partial charge in [0.1, 0.15) is 11.2 Å². The van der Waals surface area contributed by atoms with Crippen LogP contribution >= 0.6 is 0 Å². The number of hydrogen-bond acceptors (Lipinski definition) is 6. The third kappa shape index (κ3) is 4.80. The summed E-state index contributed by atoms with van der Waals surface area (Å²) in [7, 11) is 0. The first-order chi connectivity index (χ1) is 19.5. The minimum atomic E-state index is -0.378. The molecular weight excluding hydrogens is 522 g/mol. The molecule has 0 unspecified atom stereocenters. The molecule has 6 rings (SSSR count). The molecule has 0 bridgehead atoms. The first kappa shape index (κ1) is 27.5. The third-order valence-electron chi connectivity index (χ3n) is 7.30. The molecule has 2 aromatic heterocycles. The molecule has 2 heterocycles. The molecule has 9 heteroatoms. The van der Waals surface area contributed by atoms with Crippen molar-refractivity contribution in [3.63, 3.8) is 0 Å². The van der Waals surface area contributed by atoms with Gasteiger partial charge in [-0.1, -0.05) is 64.1 Å². The van der Waals surface area contributed by atoms with Gasteiger partial charge in [0.15, 0.2) is 0 Å². The second-order valence-electron chi connectivity index (χ2n) is 10.6. The molecule has 4 aromatic carbocycles. The molecule has 41 heavy (non-hydrogen) atoms. The van der Waals surface area contributed by atoms with Gasteiger partial charge >= 0.3 is 0 Å². The lowest BCUT2D eigenvalue weighted by molar-refractivity contribution is -0.385. The van der Waals surface area contributed by atoms with Crippen LogP contribution in [0.2, 0.25) is 0 Å². The van der Waals surface area contributed by atoms with Crippen molar-refractivity contribution >= 4 is 61.0 Å². The van der Waals surface area contributed by atoms with Crippen LogP contribution < -0.4 is 0 Å². The predicted molar refractivity (Wildman–Crippen MR) is 161 cm³/mol. The van der Waals surface area contributed by atoms with E-state index in [-0.39, 0.29) is 39.0 Å². The molecule has 0 aliphatic carbocycles. The smallest absolute Gasteiger partial charge is 0.276 e. The van der Waals surface area contributed by atoms with E-state index in [0.29, 0.717) is 16.7 Å². The van der Waals surface area contributed by atoms with Gasteiger partial charge < -0.3 is 4.42 Å². The summed E-state index contributed by atoms with van der Waals surface area (Å²) >= 11 is 0. The zero-order chi connectivity index (χ0) is 29.6. The Morgan fingerprint density at radius 3 is 1.80 bits per heavy atom. The molecule has 0 spiro atoms. The number of carbonyl (C=O) groups is 1. The van der Waals surface area contributed by atoms with E-state index >= 15 is 0 Å². The van der Waals surface area contributed by atoms with Crippen molar-refractivity contribution < 1.29 is 19.1 Å². The number of nitro groups is 2. The fourth-order valence-electron chi connectivity index (χ4n) is 5.38. The maximum absolute atomic E-state index is 12.0. The van der Waals surface area contributed by atoms with Crippen molar-refractivity contribution in [1.29, 1.82) is 0 Å². The van der Waals surface area contributed by atoms with Crippen LogP contribution in [0.1, 0.15) is 62.4 Å². The van der Waals surface area contributed by atoms with Gasteiger partial charge in [0, 0.05) is 45.7 Å². The van der Waals surface area contributed by atoms with Crippen LogP contribution in [0.15, 0.2) is 77.2 Å². The van der Waals surface area contributed by atoms with E-state index in [0.717, 1.165) is 38.2 Å². The highest BCUT2D eigenvalue weighted by molar-refractivity contribution is 6.14. The van der Waals surface area contributed by atoms with Crippen LogP contribution in [0.3, 0.4) is 0 Å². The summed E-state index contributed by atoms with van der Waals surface area (Å²) in [4.78, 5) is 33.8. The summed E-state index contributed by atoms with van der Waals surface area (Å²) < 4.78 is 7.22. The average Bonchev–Trinajstić information content (AvgIpc) is 3.46. The van der Waals surface area contributed by atoms with E-state index in [4.69, 9.17) is 4.42 Å². The summed E-state index contributed by atoms with van der Waals surface area (Å²) in [6.45, 7) is 9.23. The lowest BCUT2D eigenvalue weighted by atomic mass is 9.98. The number of rotatable bonds is 4. The van der Waals surface area contributed by atoms with Crippen molar-refractivity contribution in [2.24, 2.45) is 0 Å². The number of benzene rings is 4. The standard InChI is InChI=1S/C17H16N2O3.C15H13NO3/c1-10(2)13-8-14-12-6-4-5-7-15(12)18(11(3)20)16(14)9-17(13)19(21)22;1-9(2)11-7-12-10-5-3-4-6-14(10)19-15(12)8-13(11)16(17)18/h4-10H,1-3H3;3-9H,1-2H3. The third-order valence-corrected chi connectivity index (χ3v) is 7.30. The van der Waals surface area contributed by atoms with Crippen molar-refractivity contribution in [1.82, 2.24) is 4.57 Å². The maximum atomic E-state index is 12.0. The minimum Gasteiger partial charge on any atom is -0.456 e. The first-order valence-electron chi connectivity index (χ1n) is 13.3. The van der Waals surface area contributed by atoms with Gasteiger partial charge in [-0.3, -0.25) is 29.6 Å². The van der Waals surface area contributed by atoms with Gasteiger partial charge in [0.25, 0.3) is 11.4 Å². The van der Waals surface area contributed by atoms with Gasteiger partial charge in [-0.05, 0) is 36.1 Å². The quantitative estimate of drug-likeness (QED) is 0.159. The van der Waals surface area contributed by atoms with Crippen LogP contribution in [-0.2, 0) is 0 Å². The second-order valence-corrected chi connectivity index (χ2v) is 10.6. The molecule has 0 atom stereocenters. The Bertz CT molecular complexity index is 2000. The predicted octanol–water partition coefficient (Wildman–Crippen LogP) is 9.10. The number of para-hydroxylation sites is 2. The Morgan fingerprint density at radius 1 is 0.683 bits per heavy atom. The maximum Gasteiger partial charge on any atom is 0.276 e. The summed E-state index contributed by atoms with van der Waals surface area (Å²) in [6.07, 6.45) is 0. The Kier molecular flexibility index (Phi) is 7.04. The van der Waals surface area contributed by atoms with Crippen LogP contribution in [0.4, 0.5) is 11.4 Å². The molecule has 6 aromatic rings. The molecule has 0 aliphatic heterocycles. The Hall–Kier alpha value is -5.05. The number of hydrogen-bond donors (Lipinski definition) is 0. The average molecular weight is 552 g/mol. The van der Waals surface area contributed by atoms with Crippen molar-refractivity contribution in [2.75, 3.05) is 0 Å². The van der Waals surface area contributed by atoms with Crippen LogP contribution in [0.5, 0.6) is 0 Å². The van der Waals surface area contributed by atoms with Gasteiger partial charge in [-0.25, -0.2) is 0 Å². The SMILES string of the molecule is CC(=O)n1c2ccccc2c2cc(C(C)C)c([N+](=O)[O-])cc21.CC(C)c1cc2c(cc1[N+](=O)[O-])oc1ccccc12.